The molecular formula is C22H21ClN4O4. The summed E-state index contributed by atoms with van der Waals surface area (Å²) in [6.45, 7) is 1.96. The van der Waals surface area contributed by atoms with Crippen LogP contribution in [0.15, 0.2) is 36.4 Å². The molecule has 2 N–H and O–H groups in total. The van der Waals surface area contributed by atoms with E-state index in [1.807, 2.05) is 41.3 Å². The smallest absolute Gasteiger partial charge is 0.306 e. The Balaban J connectivity index is 1.43. The van der Waals surface area contributed by atoms with Crippen LogP contribution in [0.5, 0.6) is 11.5 Å². The van der Waals surface area contributed by atoms with Crippen LogP contribution in [-0.2, 0) is 11.3 Å². The standard InChI is InChI=1S/C22H21ClN4O4/c23-15-2-1-3-16-19(15)20(24-11-13-4-5-17-18(10-13)31-12-30-17)26-22(25-16)27-8-6-14(7-9-27)21(28)29/h1-5,10,14H,6-9,11-12H2,(H,28,29)(H,24,25,26). The third kappa shape index (κ3) is 3.90. The van der Waals surface area contributed by atoms with Crippen molar-refractivity contribution in [2.24, 2.45) is 5.92 Å². The van der Waals surface area contributed by atoms with E-state index in [1.165, 1.54) is 0 Å². The first-order valence-electron chi connectivity index (χ1n) is 10.1. The molecule has 0 bridgehead atoms. The van der Waals surface area contributed by atoms with Crippen molar-refractivity contribution in [3.63, 3.8) is 0 Å². The number of aromatic nitrogens is 2. The molecule has 2 aliphatic heterocycles. The molecule has 0 atom stereocenters. The van der Waals surface area contributed by atoms with Crippen LogP contribution >= 0.6 is 11.6 Å². The zero-order chi connectivity index (χ0) is 21.4. The number of rotatable bonds is 5. The van der Waals surface area contributed by atoms with Gasteiger partial charge in [0.1, 0.15) is 5.82 Å². The monoisotopic (exact) mass is 440 g/mol. The van der Waals surface area contributed by atoms with Gasteiger partial charge in [0.25, 0.3) is 0 Å². The summed E-state index contributed by atoms with van der Waals surface area (Å²) in [7, 11) is 0. The van der Waals surface area contributed by atoms with Crippen molar-refractivity contribution in [1.29, 1.82) is 0 Å². The van der Waals surface area contributed by atoms with Crippen molar-refractivity contribution in [3.05, 3.63) is 47.0 Å². The maximum Gasteiger partial charge on any atom is 0.306 e. The number of hydrogen-bond acceptors (Lipinski definition) is 7. The SMILES string of the molecule is O=C(O)C1CCN(c2nc(NCc3ccc4c(c3)OCO4)c3c(Cl)cccc3n2)CC1. The second-order valence-corrected chi connectivity index (χ2v) is 8.05. The van der Waals surface area contributed by atoms with Gasteiger partial charge in [-0.15, -0.1) is 0 Å². The number of hydrogen-bond donors (Lipinski definition) is 2. The van der Waals surface area contributed by atoms with Crippen LogP contribution in [0.4, 0.5) is 11.8 Å². The lowest BCUT2D eigenvalue weighted by Gasteiger charge is -2.30. The highest BCUT2D eigenvalue weighted by atomic mass is 35.5. The average molecular weight is 441 g/mol. The van der Waals surface area contributed by atoms with Gasteiger partial charge >= 0.3 is 5.97 Å². The van der Waals surface area contributed by atoms with Crippen LogP contribution in [0.25, 0.3) is 10.9 Å². The number of ether oxygens (including phenoxy) is 2. The van der Waals surface area contributed by atoms with E-state index in [4.69, 9.17) is 31.0 Å². The normalized spacial score (nSPS) is 16.0. The minimum absolute atomic E-state index is 0.236. The van der Waals surface area contributed by atoms with Gasteiger partial charge in [0, 0.05) is 19.6 Å². The molecule has 3 heterocycles. The lowest BCUT2D eigenvalue weighted by molar-refractivity contribution is -0.142. The van der Waals surface area contributed by atoms with Crippen molar-refractivity contribution in [2.75, 3.05) is 30.1 Å². The zero-order valence-electron chi connectivity index (χ0n) is 16.7. The number of anilines is 2. The quantitative estimate of drug-likeness (QED) is 0.616. The number of benzene rings is 2. The van der Waals surface area contributed by atoms with Crippen LogP contribution in [0, 0.1) is 5.92 Å². The van der Waals surface area contributed by atoms with E-state index < -0.39 is 5.97 Å². The van der Waals surface area contributed by atoms with Crippen molar-refractivity contribution >= 4 is 40.2 Å². The molecule has 3 aromatic rings. The van der Waals surface area contributed by atoms with Crippen LogP contribution in [0.3, 0.4) is 0 Å². The first-order chi connectivity index (χ1) is 15.1. The molecule has 2 aliphatic rings. The largest absolute Gasteiger partial charge is 0.481 e. The van der Waals surface area contributed by atoms with Gasteiger partial charge in [0.05, 0.1) is 21.8 Å². The van der Waals surface area contributed by atoms with Crippen molar-refractivity contribution < 1.29 is 19.4 Å². The Labute approximate surface area is 183 Å². The van der Waals surface area contributed by atoms with Crippen molar-refractivity contribution in [1.82, 2.24) is 9.97 Å². The minimum atomic E-state index is -0.739. The lowest BCUT2D eigenvalue weighted by atomic mass is 9.97. The number of nitrogens with zero attached hydrogens (tertiary/aromatic N) is 3. The van der Waals surface area contributed by atoms with Crippen molar-refractivity contribution in [3.8, 4) is 11.5 Å². The summed E-state index contributed by atoms with van der Waals surface area (Å²) in [4.78, 5) is 22.8. The van der Waals surface area contributed by atoms with Gasteiger partial charge in [-0.2, -0.15) is 4.98 Å². The van der Waals surface area contributed by atoms with Crippen LogP contribution < -0.4 is 19.7 Å². The minimum Gasteiger partial charge on any atom is -0.481 e. The number of carbonyl (C=O) groups is 1. The molecule has 0 aliphatic carbocycles. The summed E-state index contributed by atoms with van der Waals surface area (Å²) in [6, 6.07) is 11.4. The van der Waals surface area contributed by atoms with Crippen LogP contribution in [-0.4, -0.2) is 40.9 Å². The van der Waals surface area contributed by atoms with Gasteiger partial charge in [0.15, 0.2) is 11.5 Å². The van der Waals surface area contributed by atoms with Gasteiger partial charge < -0.3 is 24.8 Å². The Morgan fingerprint density at radius 1 is 1.16 bits per heavy atom. The maximum absolute atomic E-state index is 11.3. The van der Waals surface area contributed by atoms with E-state index in [0.29, 0.717) is 49.3 Å². The molecule has 2 aromatic carbocycles. The third-order valence-corrected chi connectivity index (χ3v) is 6.00. The van der Waals surface area contributed by atoms with Gasteiger partial charge in [-0.25, -0.2) is 4.98 Å². The molecule has 0 radical (unpaired) electrons. The Bertz CT molecular complexity index is 1150. The highest BCUT2D eigenvalue weighted by molar-refractivity contribution is 6.36. The van der Waals surface area contributed by atoms with Gasteiger partial charge in [0.2, 0.25) is 12.7 Å². The van der Waals surface area contributed by atoms with E-state index in [2.05, 4.69) is 5.32 Å². The molecule has 31 heavy (non-hydrogen) atoms. The van der Waals surface area contributed by atoms with Gasteiger partial charge in [-0.3, -0.25) is 4.79 Å². The first-order valence-corrected chi connectivity index (χ1v) is 10.5. The first kappa shape index (κ1) is 19.7. The maximum atomic E-state index is 11.3. The van der Waals surface area contributed by atoms with E-state index in [9.17, 15) is 9.90 Å². The highest BCUT2D eigenvalue weighted by Gasteiger charge is 2.26. The fourth-order valence-corrected chi connectivity index (χ4v) is 4.22. The number of fused-ring (bicyclic) bond motifs is 2. The number of piperidine rings is 1. The zero-order valence-corrected chi connectivity index (χ0v) is 17.4. The summed E-state index contributed by atoms with van der Waals surface area (Å²) >= 11 is 6.48. The van der Waals surface area contributed by atoms with E-state index in [0.717, 1.165) is 28.0 Å². The summed E-state index contributed by atoms with van der Waals surface area (Å²) in [6.07, 6.45) is 1.15. The predicted octanol–water partition coefficient (Wildman–Crippen LogP) is 3.93. The third-order valence-electron chi connectivity index (χ3n) is 5.68. The predicted molar refractivity (Wildman–Crippen MR) is 117 cm³/mol. The lowest BCUT2D eigenvalue weighted by Crippen LogP contribution is -2.37. The number of aliphatic carboxylic acids is 1. The van der Waals surface area contributed by atoms with Crippen LogP contribution in [0.2, 0.25) is 5.02 Å². The topological polar surface area (TPSA) is 96.8 Å². The molecule has 1 fully saturated rings. The molecule has 160 valence electrons. The molecular weight excluding hydrogens is 420 g/mol. The fourth-order valence-electron chi connectivity index (χ4n) is 3.96. The second-order valence-electron chi connectivity index (χ2n) is 7.65. The summed E-state index contributed by atoms with van der Waals surface area (Å²) in [5.74, 6) is 1.64. The van der Waals surface area contributed by atoms with E-state index in [1.54, 1.807) is 0 Å². The number of carboxylic acids is 1. The van der Waals surface area contributed by atoms with E-state index in [-0.39, 0.29) is 12.7 Å². The Kier molecular flexibility index (Phi) is 5.15. The fraction of sp³-hybridized carbons (Fsp3) is 0.318. The molecule has 0 unspecified atom stereocenters. The summed E-state index contributed by atoms with van der Waals surface area (Å²) in [5, 5.41) is 14.0. The molecule has 5 rings (SSSR count). The molecule has 1 saturated heterocycles. The van der Waals surface area contributed by atoms with E-state index >= 15 is 0 Å². The molecule has 0 saturated carbocycles. The molecule has 1 aromatic heterocycles. The molecule has 0 spiro atoms. The number of nitrogens with one attached hydrogen (secondary N) is 1. The Hall–Kier alpha value is -3.26. The van der Waals surface area contributed by atoms with Gasteiger partial charge in [-0.05, 0) is 42.7 Å². The average Bonchev–Trinajstić information content (AvgIpc) is 3.25. The summed E-state index contributed by atoms with van der Waals surface area (Å²) < 4.78 is 10.8. The highest BCUT2D eigenvalue weighted by Crippen LogP contribution is 2.34. The van der Waals surface area contributed by atoms with Crippen LogP contribution in [0.1, 0.15) is 18.4 Å². The Morgan fingerprint density at radius 3 is 2.77 bits per heavy atom. The Morgan fingerprint density at radius 2 is 1.97 bits per heavy atom. The second kappa shape index (κ2) is 8.11. The van der Waals surface area contributed by atoms with Crippen molar-refractivity contribution in [2.45, 2.75) is 19.4 Å². The number of halogens is 1. The molecule has 0 amide bonds. The molecule has 8 nitrogen and oxygen atoms in total. The van der Waals surface area contributed by atoms with Gasteiger partial charge in [-0.1, -0.05) is 23.7 Å². The molecule has 9 heteroatoms. The summed E-state index contributed by atoms with van der Waals surface area (Å²) in [5.41, 5.74) is 1.76. The number of carboxylic acid groups (broad SMARTS) is 1.